The first-order valence-corrected chi connectivity index (χ1v) is 5.15. The molecule has 84 valence electrons. The fourth-order valence-corrected chi connectivity index (χ4v) is 2.02. The summed E-state index contributed by atoms with van der Waals surface area (Å²) in [5.74, 6) is -0.0187. The van der Waals surface area contributed by atoms with E-state index in [0.717, 1.165) is 24.1 Å². The number of hydrogen-bond acceptors (Lipinski definition) is 3. The molecule has 0 unspecified atom stereocenters. The van der Waals surface area contributed by atoms with Crippen molar-refractivity contribution in [3.8, 4) is 0 Å². The summed E-state index contributed by atoms with van der Waals surface area (Å²) in [5.41, 5.74) is 1.78. The maximum absolute atomic E-state index is 11.4. The summed E-state index contributed by atoms with van der Waals surface area (Å²) in [4.78, 5) is 23.3. The van der Waals surface area contributed by atoms with E-state index in [-0.39, 0.29) is 11.6 Å². The van der Waals surface area contributed by atoms with Crippen LogP contribution in [0.3, 0.4) is 0 Å². The Morgan fingerprint density at radius 3 is 2.88 bits per heavy atom. The van der Waals surface area contributed by atoms with Crippen LogP contribution < -0.4 is 4.90 Å². The molecule has 0 bridgehead atoms. The Kier molecular flexibility index (Phi) is 2.60. The zero-order valence-electron chi connectivity index (χ0n) is 8.97. The number of carbonyl (C=O) groups excluding carboxylic acids is 1. The molecule has 0 atom stereocenters. The molecule has 0 spiro atoms. The number of non-ortho nitro benzene ring substituents is 1. The van der Waals surface area contributed by atoms with Gasteiger partial charge in [0.25, 0.3) is 5.69 Å². The van der Waals surface area contributed by atoms with Gasteiger partial charge in [-0.15, -0.1) is 0 Å². The second-order valence-electron chi connectivity index (χ2n) is 3.84. The van der Waals surface area contributed by atoms with Crippen LogP contribution in [0.5, 0.6) is 0 Å². The Bertz CT molecular complexity index is 457. The highest BCUT2D eigenvalue weighted by molar-refractivity contribution is 5.93. The smallest absolute Gasteiger partial charge is 0.269 e. The third-order valence-corrected chi connectivity index (χ3v) is 2.77. The molecule has 0 fully saturated rings. The number of amides is 1. The van der Waals surface area contributed by atoms with Crippen LogP contribution in [-0.4, -0.2) is 17.4 Å². The monoisotopic (exact) mass is 220 g/mol. The summed E-state index contributed by atoms with van der Waals surface area (Å²) in [7, 11) is 0. The van der Waals surface area contributed by atoms with Crippen LogP contribution in [0, 0.1) is 10.1 Å². The molecule has 1 heterocycles. The van der Waals surface area contributed by atoms with E-state index < -0.39 is 4.92 Å². The molecule has 1 amide bonds. The van der Waals surface area contributed by atoms with Gasteiger partial charge in [0.2, 0.25) is 5.91 Å². The summed E-state index contributed by atoms with van der Waals surface area (Å²) >= 11 is 0. The minimum atomic E-state index is -0.410. The first-order chi connectivity index (χ1) is 7.59. The van der Waals surface area contributed by atoms with E-state index in [4.69, 9.17) is 0 Å². The Hall–Kier alpha value is -1.91. The largest absolute Gasteiger partial charge is 0.312 e. The summed E-state index contributed by atoms with van der Waals surface area (Å²) in [6, 6.07) is 4.67. The van der Waals surface area contributed by atoms with Gasteiger partial charge in [-0.3, -0.25) is 14.9 Å². The van der Waals surface area contributed by atoms with Gasteiger partial charge < -0.3 is 4.90 Å². The van der Waals surface area contributed by atoms with Gasteiger partial charge in [-0.2, -0.15) is 0 Å². The van der Waals surface area contributed by atoms with Gasteiger partial charge in [-0.1, -0.05) is 0 Å². The molecular formula is C11H12N2O3. The van der Waals surface area contributed by atoms with E-state index >= 15 is 0 Å². The fourth-order valence-electron chi connectivity index (χ4n) is 2.02. The summed E-state index contributed by atoms with van der Waals surface area (Å²) in [6.45, 7) is 2.21. The molecule has 1 aliphatic heterocycles. The van der Waals surface area contributed by atoms with Crippen molar-refractivity contribution in [1.29, 1.82) is 0 Å². The summed E-state index contributed by atoms with van der Waals surface area (Å²) < 4.78 is 0. The molecule has 0 saturated carbocycles. The normalized spacial score (nSPS) is 14.4. The lowest BCUT2D eigenvalue weighted by Crippen LogP contribution is -2.33. The Morgan fingerprint density at radius 1 is 1.50 bits per heavy atom. The molecule has 5 nitrogen and oxygen atoms in total. The van der Waals surface area contributed by atoms with Crippen molar-refractivity contribution in [3.05, 3.63) is 33.9 Å². The highest BCUT2D eigenvalue weighted by Crippen LogP contribution is 2.30. The van der Waals surface area contributed by atoms with E-state index in [0.29, 0.717) is 6.54 Å². The van der Waals surface area contributed by atoms with Gasteiger partial charge in [-0.25, -0.2) is 0 Å². The molecule has 2 rings (SSSR count). The first-order valence-electron chi connectivity index (χ1n) is 5.15. The second kappa shape index (κ2) is 3.92. The number of anilines is 1. The van der Waals surface area contributed by atoms with Crippen molar-refractivity contribution >= 4 is 17.3 Å². The molecule has 5 heteroatoms. The average molecular weight is 220 g/mol. The summed E-state index contributed by atoms with van der Waals surface area (Å²) in [6.07, 6.45) is 1.65. The van der Waals surface area contributed by atoms with Gasteiger partial charge in [0.1, 0.15) is 0 Å². The van der Waals surface area contributed by atoms with Gasteiger partial charge in [0.15, 0.2) is 0 Å². The zero-order valence-corrected chi connectivity index (χ0v) is 8.97. The quantitative estimate of drug-likeness (QED) is 0.536. The standard InChI is InChI=1S/C11H12N2O3/c1-8(14)12-6-2-3-9-7-10(13(15)16)4-5-11(9)12/h4-5,7H,2-3,6H2,1H3. The van der Waals surface area contributed by atoms with Crippen LogP contribution in [-0.2, 0) is 11.2 Å². The third kappa shape index (κ3) is 1.76. The van der Waals surface area contributed by atoms with Crippen LogP contribution in [0.2, 0.25) is 0 Å². The number of nitrogens with zero attached hydrogens (tertiary/aromatic N) is 2. The van der Waals surface area contributed by atoms with Gasteiger partial charge >= 0.3 is 0 Å². The van der Waals surface area contributed by atoms with E-state index in [1.807, 2.05) is 0 Å². The number of fused-ring (bicyclic) bond motifs is 1. The number of aryl methyl sites for hydroxylation is 1. The molecule has 16 heavy (non-hydrogen) atoms. The van der Waals surface area contributed by atoms with Crippen LogP contribution in [0.25, 0.3) is 0 Å². The predicted octanol–water partition coefficient (Wildman–Crippen LogP) is 1.89. The van der Waals surface area contributed by atoms with Crippen LogP contribution >= 0.6 is 0 Å². The molecular weight excluding hydrogens is 208 g/mol. The van der Waals surface area contributed by atoms with Gasteiger partial charge in [0, 0.05) is 31.3 Å². The number of rotatable bonds is 1. The highest BCUT2D eigenvalue weighted by Gasteiger charge is 2.21. The fraction of sp³-hybridized carbons (Fsp3) is 0.364. The van der Waals surface area contributed by atoms with Crippen molar-refractivity contribution in [2.45, 2.75) is 19.8 Å². The average Bonchev–Trinajstić information content (AvgIpc) is 2.27. The Labute approximate surface area is 92.8 Å². The molecule has 0 radical (unpaired) electrons. The Morgan fingerprint density at radius 2 is 2.25 bits per heavy atom. The number of benzene rings is 1. The summed E-state index contributed by atoms with van der Waals surface area (Å²) in [5, 5.41) is 10.6. The maximum atomic E-state index is 11.4. The van der Waals surface area contributed by atoms with Crippen molar-refractivity contribution in [3.63, 3.8) is 0 Å². The van der Waals surface area contributed by atoms with Crippen LogP contribution in [0.1, 0.15) is 18.9 Å². The Balaban J connectivity index is 2.44. The van der Waals surface area contributed by atoms with Gasteiger partial charge in [-0.05, 0) is 24.5 Å². The topological polar surface area (TPSA) is 63.5 Å². The highest BCUT2D eigenvalue weighted by atomic mass is 16.6. The predicted molar refractivity (Wildman–Crippen MR) is 59.4 cm³/mol. The minimum absolute atomic E-state index is 0.0187. The molecule has 0 N–H and O–H groups in total. The first kappa shape index (κ1) is 10.6. The van der Waals surface area contributed by atoms with Crippen molar-refractivity contribution < 1.29 is 9.72 Å². The van der Waals surface area contributed by atoms with E-state index in [1.54, 1.807) is 17.0 Å². The van der Waals surface area contributed by atoms with E-state index in [9.17, 15) is 14.9 Å². The van der Waals surface area contributed by atoms with E-state index in [1.165, 1.54) is 13.0 Å². The van der Waals surface area contributed by atoms with E-state index in [2.05, 4.69) is 0 Å². The molecule has 1 aromatic rings. The lowest BCUT2D eigenvalue weighted by molar-refractivity contribution is -0.384. The SMILES string of the molecule is CC(=O)N1CCCc2cc([N+](=O)[O-])ccc21. The van der Waals surface area contributed by atoms with Crippen LogP contribution in [0.15, 0.2) is 18.2 Å². The minimum Gasteiger partial charge on any atom is -0.312 e. The lowest BCUT2D eigenvalue weighted by Gasteiger charge is -2.28. The third-order valence-electron chi connectivity index (χ3n) is 2.77. The van der Waals surface area contributed by atoms with Crippen molar-refractivity contribution in [2.24, 2.45) is 0 Å². The molecule has 1 aliphatic rings. The van der Waals surface area contributed by atoms with Crippen LogP contribution in [0.4, 0.5) is 11.4 Å². The molecule has 1 aromatic carbocycles. The molecule has 0 aliphatic carbocycles. The van der Waals surface area contributed by atoms with Gasteiger partial charge in [0.05, 0.1) is 4.92 Å². The molecule has 0 aromatic heterocycles. The number of nitro groups is 1. The maximum Gasteiger partial charge on any atom is 0.269 e. The molecule has 0 saturated heterocycles. The van der Waals surface area contributed by atoms with Crippen molar-refractivity contribution in [2.75, 3.05) is 11.4 Å². The number of nitro benzene ring substituents is 1. The van der Waals surface area contributed by atoms with Crippen molar-refractivity contribution in [1.82, 2.24) is 0 Å². The number of carbonyl (C=O) groups is 1. The lowest BCUT2D eigenvalue weighted by atomic mass is 10.0. The second-order valence-corrected chi connectivity index (χ2v) is 3.84. The zero-order chi connectivity index (χ0) is 11.7. The number of hydrogen-bond donors (Lipinski definition) is 0.